The maximum Gasteiger partial charge on any atom is 0.260 e. The Labute approximate surface area is 121 Å². The van der Waals surface area contributed by atoms with Crippen molar-refractivity contribution in [2.24, 2.45) is 5.73 Å². The first-order chi connectivity index (χ1) is 8.60. The summed E-state index contributed by atoms with van der Waals surface area (Å²) in [5.41, 5.74) is 6.64. The highest BCUT2D eigenvalue weighted by Crippen LogP contribution is 2.18. The van der Waals surface area contributed by atoms with Crippen LogP contribution in [0.5, 0.6) is 5.75 Å². The van der Waals surface area contributed by atoms with Gasteiger partial charge < -0.3 is 15.4 Å². The number of nitrogens with zero attached hydrogens (tertiary/aromatic N) is 1. The van der Waals surface area contributed by atoms with Gasteiger partial charge >= 0.3 is 0 Å². The van der Waals surface area contributed by atoms with Crippen LogP contribution in [0.15, 0.2) is 24.3 Å². The van der Waals surface area contributed by atoms with Gasteiger partial charge in [0.05, 0.1) is 0 Å². The zero-order chi connectivity index (χ0) is 13.5. The molecule has 2 N–H and O–H groups in total. The van der Waals surface area contributed by atoms with E-state index in [4.69, 9.17) is 10.5 Å². The number of ether oxygens (including phenoxy) is 1. The van der Waals surface area contributed by atoms with E-state index in [1.54, 1.807) is 11.9 Å². The lowest BCUT2D eigenvalue weighted by atomic mass is 10.1. The number of carbonyl (C=O) groups is 1. The first-order valence-electron chi connectivity index (χ1n) is 6.26. The fourth-order valence-corrected chi connectivity index (χ4v) is 1.58. The summed E-state index contributed by atoms with van der Waals surface area (Å²) in [5, 5.41) is 0. The third kappa shape index (κ3) is 5.09. The SMILES string of the molecule is CCc1ccccc1OCC(=O)N(C)C(C)CN.Cl. The van der Waals surface area contributed by atoms with Gasteiger partial charge in [0.15, 0.2) is 6.61 Å². The van der Waals surface area contributed by atoms with E-state index in [2.05, 4.69) is 6.92 Å². The number of rotatable bonds is 6. The van der Waals surface area contributed by atoms with Crippen molar-refractivity contribution in [1.82, 2.24) is 4.90 Å². The van der Waals surface area contributed by atoms with Crippen LogP contribution in [0, 0.1) is 0 Å². The molecule has 0 heterocycles. The van der Waals surface area contributed by atoms with Gasteiger partial charge in [0.25, 0.3) is 5.91 Å². The molecule has 1 aromatic rings. The Bertz CT molecular complexity index is 399. The summed E-state index contributed by atoms with van der Waals surface area (Å²) in [4.78, 5) is 13.5. The smallest absolute Gasteiger partial charge is 0.260 e. The minimum atomic E-state index is -0.0566. The van der Waals surface area contributed by atoms with E-state index in [1.807, 2.05) is 31.2 Å². The van der Waals surface area contributed by atoms with Crippen LogP contribution in [-0.4, -0.2) is 37.0 Å². The highest BCUT2D eigenvalue weighted by molar-refractivity contribution is 5.85. The van der Waals surface area contributed by atoms with Crippen LogP contribution in [0.4, 0.5) is 0 Å². The number of aryl methyl sites for hydroxylation is 1. The van der Waals surface area contributed by atoms with Crippen LogP contribution in [0.25, 0.3) is 0 Å². The van der Waals surface area contributed by atoms with Crippen LogP contribution in [0.3, 0.4) is 0 Å². The molecule has 5 heteroatoms. The third-order valence-corrected chi connectivity index (χ3v) is 3.10. The predicted molar refractivity (Wildman–Crippen MR) is 79.8 cm³/mol. The summed E-state index contributed by atoms with van der Waals surface area (Å²) < 4.78 is 5.57. The first kappa shape index (κ1) is 17.7. The maximum absolute atomic E-state index is 11.9. The molecule has 108 valence electrons. The average Bonchev–Trinajstić information content (AvgIpc) is 2.43. The summed E-state index contributed by atoms with van der Waals surface area (Å²) in [7, 11) is 1.74. The van der Waals surface area contributed by atoms with Crippen LogP contribution in [-0.2, 0) is 11.2 Å². The van der Waals surface area contributed by atoms with Gasteiger partial charge in [-0.05, 0) is 25.0 Å². The molecule has 1 amide bonds. The van der Waals surface area contributed by atoms with Gasteiger partial charge in [-0.1, -0.05) is 25.1 Å². The van der Waals surface area contributed by atoms with Crippen molar-refractivity contribution in [1.29, 1.82) is 0 Å². The fraction of sp³-hybridized carbons (Fsp3) is 0.500. The quantitative estimate of drug-likeness (QED) is 0.868. The number of para-hydroxylation sites is 1. The third-order valence-electron chi connectivity index (χ3n) is 3.10. The Hall–Kier alpha value is -1.26. The number of carbonyl (C=O) groups excluding carboxylic acids is 1. The van der Waals surface area contributed by atoms with Crippen LogP contribution in [0.2, 0.25) is 0 Å². The van der Waals surface area contributed by atoms with Crippen molar-refractivity contribution in [2.75, 3.05) is 20.2 Å². The number of likely N-dealkylation sites (N-methyl/N-ethyl adjacent to an activating group) is 1. The predicted octanol–water partition coefficient (Wildman–Crippen LogP) is 1.86. The number of hydrogen-bond acceptors (Lipinski definition) is 3. The Kier molecular flexibility index (Phi) is 8.19. The lowest BCUT2D eigenvalue weighted by Crippen LogP contribution is -2.42. The van der Waals surface area contributed by atoms with Crippen LogP contribution >= 0.6 is 12.4 Å². The number of hydrogen-bond donors (Lipinski definition) is 1. The first-order valence-corrected chi connectivity index (χ1v) is 6.26. The molecule has 0 aromatic heterocycles. The maximum atomic E-state index is 11.9. The van der Waals surface area contributed by atoms with Gasteiger partial charge in [-0.25, -0.2) is 0 Å². The van der Waals surface area contributed by atoms with Gasteiger partial charge in [-0.2, -0.15) is 0 Å². The van der Waals surface area contributed by atoms with Gasteiger partial charge in [0.1, 0.15) is 5.75 Å². The average molecular weight is 287 g/mol. The lowest BCUT2D eigenvalue weighted by Gasteiger charge is -2.23. The van der Waals surface area contributed by atoms with E-state index >= 15 is 0 Å². The Morgan fingerprint density at radius 2 is 2.05 bits per heavy atom. The molecule has 0 aliphatic heterocycles. The molecule has 1 rings (SSSR count). The van der Waals surface area contributed by atoms with E-state index in [9.17, 15) is 4.79 Å². The van der Waals surface area contributed by atoms with Crippen molar-refractivity contribution >= 4 is 18.3 Å². The zero-order valence-corrected chi connectivity index (χ0v) is 12.6. The standard InChI is InChI=1S/C14H22N2O2.ClH/c1-4-12-7-5-6-8-13(12)18-10-14(17)16(3)11(2)9-15;/h5-8,11H,4,9-10,15H2,1-3H3;1H. The minimum Gasteiger partial charge on any atom is -0.483 e. The van der Waals surface area contributed by atoms with E-state index in [-0.39, 0.29) is 31.0 Å². The molecule has 0 bridgehead atoms. The second-order valence-electron chi connectivity index (χ2n) is 4.34. The molecule has 0 aliphatic carbocycles. The molecule has 1 unspecified atom stereocenters. The monoisotopic (exact) mass is 286 g/mol. The second-order valence-corrected chi connectivity index (χ2v) is 4.34. The van der Waals surface area contributed by atoms with Crippen LogP contribution in [0.1, 0.15) is 19.4 Å². The molecule has 4 nitrogen and oxygen atoms in total. The number of nitrogens with two attached hydrogens (primary N) is 1. The van der Waals surface area contributed by atoms with Gasteiger partial charge in [-0.15, -0.1) is 12.4 Å². The Morgan fingerprint density at radius 1 is 1.42 bits per heavy atom. The summed E-state index contributed by atoms with van der Waals surface area (Å²) >= 11 is 0. The molecule has 0 fully saturated rings. The fourth-order valence-electron chi connectivity index (χ4n) is 1.58. The lowest BCUT2D eigenvalue weighted by molar-refractivity contribution is -0.133. The van der Waals surface area contributed by atoms with E-state index in [1.165, 1.54) is 0 Å². The van der Waals surface area contributed by atoms with E-state index < -0.39 is 0 Å². The normalized spacial score (nSPS) is 11.4. The topological polar surface area (TPSA) is 55.6 Å². The van der Waals surface area contributed by atoms with Gasteiger partial charge in [0, 0.05) is 19.6 Å². The molecule has 19 heavy (non-hydrogen) atoms. The van der Waals surface area contributed by atoms with Gasteiger partial charge in [0.2, 0.25) is 0 Å². The molecule has 0 aliphatic rings. The molecule has 0 saturated carbocycles. The van der Waals surface area contributed by atoms with Crippen molar-refractivity contribution in [3.63, 3.8) is 0 Å². The highest BCUT2D eigenvalue weighted by atomic mass is 35.5. The molecular formula is C14H23ClN2O2. The summed E-state index contributed by atoms with van der Waals surface area (Å²) in [6.07, 6.45) is 0.888. The van der Waals surface area contributed by atoms with Crippen molar-refractivity contribution in [2.45, 2.75) is 26.3 Å². The minimum absolute atomic E-state index is 0. The largest absolute Gasteiger partial charge is 0.483 e. The summed E-state index contributed by atoms with van der Waals surface area (Å²) in [6, 6.07) is 7.80. The van der Waals surface area contributed by atoms with Crippen molar-refractivity contribution < 1.29 is 9.53 Å². The second kappa shape index (κ2) is 8.77. The molecule has 1 atom stereocenters. The summed E-state index contributed by atoms with van der Waals surface area (Å²) in [5.74, 6) is 0.723. The highest BCUT2D eigenvalue weighted by Gasteiger charge is 2.15. The van der Waals surface area contributed by atoms with Crippen molar-refractivity contribution in [3.8, 4) is 5.75 Å². The number of amides is 1. The Balaban J connectivity index is 0.00000324. The van der Waals surface area contributed by atoms with Crippen LogP contribution < -0.4 is 10.5 Å². The molecule has 1 aromatic carbocycles. The molecule has 0 spiro atoms. The molecular weight excluding hydrogens is 264 g/mol. The Morgan fingerprint density at radius 3 is 2.63 bits per heavy atom. The molecule has 0 saturated heterocycles. The number of benzene rings is 1. The number of halogens is 1. The zero-order valence-electron chi connectivity index (χ0n) is 11.8. The van der Waals surface area contributed by atoms with E-state index in [0.29, 0.717) is 6.54 Å². The van der Waals surface area contributed by atoms with Crippen molar-refractivity contribution in [3.05, 3.63) is 29.8 Å². The van der Waals surface area contributed by atoms with Gasteiger partial charge in [-0.3, -0.25) is 4.79 Å². The van der Waals surface area contributed by atoms with E-state index in [0.717, 1.165) is 17.7 Å². The molecule has 0 radical (unpaired) electrons. The summed E-state index contributed by atoms with van der Waals surface area (Å²) in [6.45, 7) is 4.48.